The minimum atomic E-state index is -0.151. The van der Waals surface area contributed by atoms with Crippen LogP contribution in [0.5, 0.6) is 0 Å². The molecule has 0 atom stereocenters. The first-order chi connectivity index (χ1) is 7.52. The van der Waals surface area contributed by atoms with Gasteiger partial charge in [-0.05, 0) is 38.3 Å². The molecule has 2 aliphatic heterocycles. The molecule has 0 bridgehead atoms. The topological polar surface area (TPSA) is 49.4 Å². The summed E-state index contributed by atoms with van der Waals surface area (Å²) < 4.78 is 0. The van der Waals surface area contributed by atoms with Crippen LogP contribution >= 0.6 is 0 Å². The third kappa shape index (κ3) is 2.02. The van der Waals surface area contributed by atoms with Gasteiger partial charge in [0.15, 0.2) is 0 Å². The smallest absolute Gasteiger partial charge is 0.256 e. The number of imide groups is 1. The lowest BCUT2D eigenvalue weighted by atomic mass is 9.80. The summed E-state index contributed by atoms with van der Waals surface area (Å²) in [5.41, 5.74) is 0.636. The van der Waals surface area contributed by atoms with Gasteiger partial charge < -0.3 is 5.32 Å². The summed E-state index contributed by atoms with van der Waals surface area (Å²) in [7, 11) is 0. The Morgan fingerprint density at radius 1 is 1.38 bits per heavy atom. The van der Waals surface area contributed by atoms with Crippen LogP contribution in [0.25, 0.3) is 0 Å². The number of nitrogens with one attached hydrogen (secondary N) is 1. The standard InChI is InChI=1S/C12H18N2O2/c1-9-7-10(15)14(11(9)16)8-12(2)3-5-13-6-4-12/h7,13H,3-6,8H2,1-2H3. The largest absolute Gasteiger partial charge is 0.317 e. The van der Waals surface area contributed by atoms with E-state index < -0.39 is 0 Å². The Balaban J connectivity index is 2.05. The zero-order valence-corrected chi connectivity index (χ0v) is 9.88. The van der Waals surface area contributed by atoms with Crippen LogP contribution in [-0.2, 0) is 9.59 Å². The van der Waals surface area contributed by atoms with Crippen molar-refractivity contribution in [3.63, 3.8) is 0 Å². The summed E-state index contributed by atoms with van der Waals surface area (Å²) >= 11 is 0. The zero-order chi connectivity index (χ0) is 11.8. The maximum Gasteiger partial charge on any atom is 0.256 e. The number of rotatable bonds is 2. The van der Waals surface area contributed by atoms with Gasteiger partial charge in [0.2, 0.25) is 0 Å². The second-order valence-corrected chi connectivity index (χ2v) is 5.12. The highest BCUT2D eigenvalue weighted by Gasteiger charge is 2.36. The lowest BCUT2D eigenvalue weighted by molar-refractivity contribution is -0.139. The number of piperidine rings is 1. The van der Waals surface area contributed by atoms with E-state index in [2.05, 4.69) is 12.2 Å². The predicted octanol–water partition coefficient (Wildman–Crippen LogP) is 0.691. The van der Waals surface area contributed by atoms with Crippen LogP contribution in [0.4, 0.5) is 0 Å². The van der Waals surface area contributed by atoms with Gasteiger partial charge in [-0.25, -0.2) is 0 Å². The maximum atomic E-state index is 11.8. The molecule has 0 radical (unpaired) electrons. The minimum absolute atomic E-state index is 0.0784. The molecular weight excluding hydrogens is 204 g/mol. The van der Waals surface area contributed by atoms with Crippen molar-refractivity contribution in [1.82, 2.24) is 10.2 Å². The van der Waals surface area contributed by atoms with Crippen molar-refractivity contribution in [3.8, 4) is 0 Å². The fourth-order valence-corrected chi connectivity index (χ4v) is 2.36. The molecule has 0 unspecified atom stereocenters. The summed E-state index contributed by atoms with van der Waals surface area (Å²) in [6, 6.07) is 0. The van der Waals surface area contributed by atoms with Crippen LogP contribution in [0.3, 0.4) is 0 Å². The number of nitrogens with zero attached hydrogens (tertiary/aromatic N) is 1. The van der Waals surface area contributed by atoms with Gasteiger partial charge in [-0.1, -0.05) is 6.92 Å². The number of carbonyl (C=O) groups excluding carboxylic acids is 2. The first kappa shape index (κ1) is 11.3. The van der Waals surface area contributed by atoms with Gasteiger partial charge in [-0.3, -0.25) is 14.5 Å². The molecule has 88 valence electrons. The van der Waals surface area contributed by atoms with Gasteiger partial charge in [0.1, 0.15) is 0 Å². The van der Waals surface area contributed by atoms with E-state index in [0.717, 1.165) is 25.9 Å². The van der Waals surface area contributed by atoms with E-state index in [0.29, 0.717) is 12.1 Å². The van der Waals surface area contributed by atoms with Crippen LogP contribution in [0.15, 0.2) is 11.6 Å². The molecule has 16 heavy (non-hydrogen) atoms. The molecule has 0 aromatic rings. The lowest BCUT2D eigenvalue weighted by Gasteiger charge is -2.36. The van der Waals surface area contributed by atoms with Crippen molar-refractivity contribution >= 4 is 11.8 Å². The minimum Gasteiger partial charge on any atom is -0.317 e. The highest BCUT2D eigenvalue weighted by atomic mass is 16.2. The molecular formula is C12H18N2O2. The third-order valence-electron chi connectivity index (χ3n) is 3.54. The fraction of sp³-hybridized carbons (Fsp3) is 0.667. The monoisotopic (exact) mass is 222 g/mol. The first-order valence-electron chi connectivity index (χ1n) is 5.77. The Bertz CT molecular complexity index is 354. The Labute approximate surface area is 95.7 Å². The Hall–Kier alpha value is -1.16. The second kappa shape index (κ2) is 4.01. The Morgan fingerprint density at radius 2 is 2.00 bits per heavy atom. The van der Waals surface area contributed by atoms with Crippen molar-refractivity contribution in [2.24, 2.45) is 5.41 Å². The van der Waals surface area contributed by atoms with Gasteiger partial charge in [-0.15, -0.1) is 0 Å². The van der Waals surface area contributed by atoms with Gasteiger partial charge in [0.05, 0.1) is 0 Å². The Morgan fingerprint density at radius 3 is 2.50 bits per heavy atom. The summed E-state index contributed by atoms with van der Waals surface area (Å²) in [5, 5.41) is 3.29. The molecule has 0 aromatic carbocycles. The van der Waals surface area contributed by atoms with Crippen LogP contribution in [0.1, 0.15) is 26.7 Å². The van der Waals surface area contributed by atoms with E-state index >= 15 is 0 Å². The van der Waals surface area contributed by atoms with Crippen molar-refractivity contribution in [2.75, 3.05) is 19.6 Å². The molecule has 4 heteroatoms. The van der Waals surface area contributed by atoms with E-state index in [9.17, 15) is 9.59 Å². The number of amides is 2. The molecule has 0 aliphatic carbocycles. The van der Waals surface area contributed by atoms with E-state index in [1.807, 2.05) is 0 Å². The van der Waals surface area contributed by atoms with Crippen LogP contribution in [-0.4, -0.2) is 36.3 Å². The summed E-state index contributed by atoms with van der Waals surface area (Å²) in [5.74, 6) is -0.271. The van der Waals surface area contributed by atoms with Crippen LogP contribution < -0.4 is 5.32 Å². The Kier molecular flexibility index (Phi) is 2.84. The van der Waals surface area contributed by atoms with Gasteiger partial charge in [0.25, 0.3) is 11.8 Å². The highest BCUT2D eigenvalue weighted by molar-refractivity contribution is 6.15. The van der Waals surface area contributed by atoms with Crippen molar-refractivity contribution in [1.29, 1.82) is 0 Å². The van der Waals surface area contributed by atoms with Crippen molar-refractivity contribution in [3.05, 3.63) is 11.6 Å². The van der Waals surface area contributed by atoms with Crippen molar-refractivity contribution < 1.29 is 9.59 Å². The summed E-state index contributed by atoms with van der Waals surface area (Å²) in [4.78, 5) is 24.8. The average molecular weight is 222 g/mol. The van der Waals surface area contributed by atoms with Gasteiger partial charge in [-0.2, -0.15) is 0 Å². The molecule has 2 rings (SSSR count). The third-order valence-corrected chi connectivity index (χ3v) is 3.54. The van der Waals surface area contributed by atoms with Crippen molar-refractivity contribution in [2.45, 2.75) is 26.7 Å². The fourth-order valence-electron chi connectivity index (χ4n) is 2.36. The molecule has 0 aromatic heterocycles. The molecule has 1 fully saturated rings. The predicted molar refractivity (Wildman–Crippen MR) is 60.7 cm³/mol. The number of carbonyl (C=O) groups is 2. The molecule has 2 aliphatic rings. The lowest BCUT2D eigenvalue weighted by Crippen LogP contribution is -2.45. The first-order valence-corrected chi connectivity index (χ1v) is 5.77. The van der Waals surface area contributed by atoms with E-state index in [1.54, 1.807) is 6.92 Å². The van der Waals surface area contributed by atoms with E-state index in [4.69, 9.17) is 0 Å². The average Bonchev–Trinajstić information content (AvgIpc) is 2.46. The number of hydrogen-bond donors (Lipinski definition) is 1. The molecule has 2 heterocycles. The summed E-state index contributed by atoms with van der Waals surface area (Å²) in [6.45, 7) is 6.35. The maximum absolute atomic E-state index is 11.8. The molecule has 0 spiro atoms. The van der Waals surface area contributed by atoms with Crippen LogP contribution in [0.2, 0.25) is 0 Å². The highest BCUT2D eigenvalue weighted by Crippen LogP contribution is 2.30. The van der Waals surface area contributed by atoms with Gasteiger partial charge in [0, 0.05) is 18.2 Å². The quantitative estimate of drug-likeness (QED) is 0.699. The normalized spacial score (nSPS) is 24.9. The molecule has 4 nitrogen and oxygen atoms in total. The van der Waals surface area contributed by atoms with Gasteiger partial charge >= 0.3 is 0 Å². The molecule has 1 saturated heterocycles. The second-order valence-electron chi connectivity index (χ2n) is 5.12. The zero-order valence-electron chi connectivity index (χ0n) is 9.88. The molecule has 0 saturated carbocycles. The van der Waals surface area contributed by atoms with Crippen LogP contribution in [0, 0.1) is 5.41 Å². The van der Waals surface area contributed by atoms with E-state index in [1.165, 1.54) is 11.0 Å². The number of hydrogen-bond acceptors (Lipinski definition) is 3. The molecule has 1 N–H and O–H groups in total. The summed E-state index contributed by atoms with van der Waals surface area (Å²) in [6.07, 6.45) is 3.47. The van der Waals surface area contributed by atoms with E-state index in [-0.39, 0.29) is 17.2 Å². The SMILES string of the molecule is CC1=CC(=O)N(CC2(C)CCNCC2)C1=O. The molecule has 2 amide bonds.